The molecule has 6 heteroatoms. The summed E-state index contributed by atoms with van der Waals surface area (Å²) in [4.78, 5) is 4.43. The number of nitrogens with zero attached hydrogens (tertiary/aromatic N) is 1. The van der Waals surface area contributed by atoms with Crippen LogP contribution in [0.5, 0.6) is 11.5 Å². The van der Waals surface area contributed by atoms with Gasteiger partial charge in [-0.25, -0.2) is 4.99 Å². The highest BCUT2D eigenvalue weighted by Gasteiger charge is 2.13. The number of nitrogens with two attached hydrogens (primary N) is 1. The standard InChI is InChI=1S/C17H27N3O2.HI/c1-3-22-16-11-13(9-10-15(16)21-2)12-19-17(18)20-14-7-5-4-6-8-14;/h9-11,14H,3-8,12H2,1-2H3,(H3,18,19,20);1H. The topological polar surface area (TPSA) is 68.9 Å². The van der Waals surface area contributed by atoms with Crippen molar-refractivity contribution in [3.05, 3.63) is 23.8 Å². The molecule has 0 atom stereocenters. The first kappa shape index (κ1) is 19.9. The van der Waals surface area contributed by atoms with Crippen molar-refractivity contribution in [3.63, 3.8) is 0 Å². The maximum Gasteiger partial charge on any atom is 0.189 e. The number of hydrogen-bond acceptors (Lipinski definition) is 3. The molecular formula is C17H28IN3O2. The van der Waals surface area contributed by atoms with Crippen molar-refractivity contribution in [2.45, 2.75) is 51.6 Å². The van der Waals surface area contributed by atoms with Gasteiger partial charge in [0, 0.05) is 6.04 Å². The number of methoxy groups -OCH3 is 1. The van der Waals surface area contributed by atoms with E-state index in [4.69, 9.17) is 15.2 Å². The molecule has 0 aliphatic heterocycles. The van der Waals surface area contributed by atoms with E-state index in [-0.39, 0.29) is 24.0 Å². The van der Waals surface area contributed by atoms with Gasteiger partial charge in [0.2, 0.25) is 0 Å². The van der Waals surface area contributed by atoms with E-state index in [2.05, 4.69) is 10.3 Å². The predicted octanol–water partition coefficient (Wildman–Crippen LogP) is 3.45. The van der Waals surface area contributed by atoms with Gasteiger partial charge in [-0.1, -0.05) is 25.3 Å². The highest BCUT2D eigenvalue weighted by atomic mass is 127. The fourth-order valence-electron chi connectivity index (χ4n) is 2.77. The van der Waals surface area contributed by atoms with Gasteiger partial charge in [0.15, 0.2) is 17.5 Å². The normalized spacial score (nSPS) is 15.7. The molecule has 1 aliphatic carbocycles. The molecule has 0 bridgehead atoms. The minimum atomic E-state index is 0. The maximum atomic E-state index is 5.99. The number of benzene rings is 1. The van der Waals surface area contributed by atoms with Gasteiger partial charge in [-0.2, -0.15) is 0 Å². The Morgan fingerprint density at radius 2 is 2.00 bits per heavy atom. The Bertz CT molecular complexity index is 503. The maximum absolute atomic E-state index is 5.99. The zero-order valence-corrected chi connectivity index (χ0v) is 16.3. The lowest BCUT2D eigenvalue weighted by Gasteiger charge is -2.23. The number of guanidine groups is 1. The second kappa shape index (κ2) is 10.6. The van der Waals surface area contributed by atoms with Crippen LogP contribution in [0.2, 0.25) is 0 Å². The molecule has 1 aromatic carbocycles. The Morgan fingerprint density at radius 1 is 1.26 bits per heavy atom. The lowest BCUT2D eigenvalue weighted by atomic mass is 9.96. The van der Waals surface area contributed by atoms with Crippen molar-refractivity contribution in [1.29, 1.82) is 0 Å². The molecular weight excluding hydrogens is 405 g/mol. The average molecular weight is 433 g/mol. The van der Waals surface area contributed by atoms with Gasteiger partial charge in [0.25, 0.3) is 0 Å². The van der Waals surface area contributed by atoms with Crippen molar-refractivity contribution in [3.8, 4) is 11.5 Å². The molecule has 0 aromatic heterocycles. The zero-order valence-electron chi connectivity index (χ0n) is 14.0. The van der Waals surface area contributed by atoms with Gasteiger partial charge in [-0.15, -0.1) is 24.0 Å². The zero-order chi connectivity index (χ0) is 15.8. The molecule has 0 radical (unpaired) electrons. The van der Waals surface area contributed by atoms with Crippen LogP contribution in [0, 0.1) is 0 Å². The number of halogens is 1. The second-order valence-electron chi connectivity index (χ2n) is 5.60. The third kappa shape index (κ3) is 6.45. The van der Waals surface area contributed by atoms with Crippen LogP contribution in [-0.2, 0) is 6.54 Å². The summed E-state index contributed by atoms with van der Waals surface area (Å²) in [6.45, 7) is 3.10. The third-order valence-corrected chi connectivity index (χ3v) is 3.92. The molecule has 3 N–H and O–H groups in total. The molecule has 23 heavy (non-hydrogen) atoms. The molecule has 0 heterocycles. The van der Waals surface area contributed by atoms with Crippen molar-refractivity contribution >= 4 is 29.9 Å². The largest absolute Gasteiger partial charge is 0.493 e. The Kier molecular flexibility index (Phi) is 9.13. The van der Waals surface area contributed by atoms with E-state index in [1.165, 1.54) is 32.1 Å². The summed E-state index contributed by atoms with van der Waals surface area (Å²) >= 11 is 0. The van der Waals surface area contributed by atoms with Gasteiger partial charge in [-0.3, -0.25) is 0 Å². The Balaban J connectivity index is 0.00000264. The molecule has 2 rings (SSSR count). The Hall–Kier alpha value is -1.18. The summed E-state index contributed by atoms with van der Waals surface area (Å²) in [6, 6.07) is 6.33. The summed E-state index contributed by atoms with van der Waals surface area (Å²) < 4.78 is 10.9. The monoisotopic (exact) mass is 433 g/mol. The second-order valence-corrected chi connectivity index (χ2v) is 5.60. The first-order valence-corrected chi connectivity index (χ1v) is 8.09. The van der Waals surface area contributed by atoms with E-state index in [9.17, 15) is 0 Å². The van der Waals surface area contributed by atoms with E-state index < -0.39 is 0 Å². The molecule has 5 nitrogen and oxygen atoms in total. The third-order valence-electron chi connectivity index (χ3n) is 3.92. The highest BCUT2D eigenvalue weighted by molar-refractivity contribution is 14.0. The SMILES string of the molecule is CCOc1cc(CN=C(N)NC2CCCCC2)ccc1OC.I. The fraction of sp³-hybridized carbons (Fsp3) is 0.588. The van der Waals surface area contributed by atoms with Gasteiger partial charge in [0.1, 0.15) is 0 Å². The number of hydrogen-bond donors (Lipinski definition) is 2. The molecule has 1 aromatic rings. The van der Waals surface area contributed by atoms with E-state index >= 15 is 0 Å². The number of ether oxygens (including phenoxy) is 2. The van der Waals surface area contributed by atoms with E-state index in [1.807, 2.05) is 25.1 Å². The van der Waals surface area contributed by atoms with Gasteiger partial charge in [0.05, 0.1) is 20.3 Å². The minimum absolute atomic E-state index is 0. The van der Waals surface area contributed by atoms with Crippen molar-refractivity contribution in [2.24, 2.45) is 10.7 Å². The summed E-state index contributed by atoms with van der Waals surface area (Å²) in [5.74, 6) is 2.01. The van der Waals surface area contributed by atoms with Gasteiger partial charge in [-0.05, 0) is 37.5 Å². The smallest absolute Gasteiger partial charge is 0.189 e. The van der Waals surface area contributed by atoms with Crippen molar-refractivity contribution < 1.29 is 9.47 Å². The lowest BCUT2D eigenvalue weighted by molar-refractivity contribution is 0.310. The predicted molar refractivity (Wildman–Crippen MR) is 105 cm³/mol. The van der Waals surface area contributed by atoms with Crippen molar-refractivity contribution in [2.75, 3.05) is 13.7 Å². The molecule has 1 fully saturated rings. The number of rotatable bonds is 6. The number of nitrogens with one attached hydrogen (secondary N) is 1. The van der Waals surface area contributed by atoms with Crippen LogP contribution in [0.3, 0.4) is 0 Å². The summed E-state index contributed by atoms with van der Waals surface area (Å²) in [5.41, 5.74) is 7.04. The molecule has 0 saturated heterocycles. The first-order chi connectivity index (χ1) is 10.7. The van der Waals surface area contributed by atoms with Gasteiger partial charge < -0.3 is 20.5 Å². The Labute approximate surface area is 156 Å². The summed E-state index contributed by atoms with van der Waals surface area (Å²) in [5, 5.41) is 3.32. The average Bonchev–Trinajstić information content (AvgIpc) is 2.54. The number of aliphatic imine (C=N–C) groups is 1. The van der Waals surface area contributed by atoms with Crippen LogP contribution in [-0.4, -0.2) is 25.7 Å². The molecule has 1 aliphatic rings. The molecule has 0 spiro atoms. The highest BCUT2D eigenvalue weighted by Crippen LogP contribution is 2.28. The van der Waals surface area contributed by atoms with Crippen LogP contribution < -0.4 is 20.5 Å². The van der Waals surface area contributed by atoms with Crippen LogP contribution in [0.4, 0.5) is 0 Å². The van der Waals surface area contributed by atoms with Crippen LogP contribution >= 0.6 is 24.0 Å². The summed E-state index contributed by atoms with van der Waals surface area (Å²) in [7, 11) is 1.64. The first-order valence-electron chi connectivity index (χ1n) is 8.09. The lowest BCUT2D eigenvalue weighted by Crippen LogP contribution is -2.41. The minimum Gasteiger partial charge on any atom is -0.493 e. The van der Waals surface area contributed by atoms with Crippen molar-refractivity contribution in [1.82, 2.24) is 5.32 Å². The molecule has 1 saturated carbocycles. The van der Waals surface area contributed by atoms with Crippen LogP contribution in [0.25, 0.3) is 0 Å². The van der Waals surface area contributed by atoms with Crippen LogP contribution in [0.15, 0.2) is 23.2 Å². The molecule has 0 unspecified atom stereocenters. The van der Waals surface area contributed by atoms with E-state index in [1.54, 1.807) is 7.11 Å². The van der Waals surface area contributed by atoms with E-state index in [0.29, 0.717) is 25.2 Å². The fourth-order valence-corrected chi connectivity index (χ4v) is 2.77. The summed E-state index contributed by atoms with van der Waals surface area (Å²) in [6.07, 6.45) is 6.27. The van der Waals surface area contributed by atoms with Crippen LogP contribution in [0.1, 0.15) is 44.6 Å². The van der Waals surface area contributed by atoms with E-state index in [0.717, 1.165) is 17.1 Å². The molecule has 130 valence electrons. The van der Waals surface area contributed by atoms with Gasteiger partial charge >= 0.3 is 0 Å². The Morgan fingerprint density at radius 3 is 2.65 bits per heavy atom. The quantitative estimate of drug-likeness (QED) is 0.410. The molecule has 0 amide bonds.